The molecule has 0 amide bonds. The fraction of sp³-hybridized carbons (Fsp3) is 0.111. The minimum atomic E-state index is 0.645. The maximum absolute atomic E-state index is 8.46. The van der Waals surface area contributed by atoms with Crippen molar-refractivity contribution in [2.45, 2.75) is 6.42 Å². The number of nitrogens with zero attached hydrogens (tertiary/aromatic N) is 1. The molecule has 0 aromatic heterocycles. The molecule has 0 aliphatic heterocycles. The van der Waals surface area contributed by atoms with Gasteiger partial charge < -0.3 is 5.41 Å². The molecule has 0 fully saturated rings. The average molecular weight is 144 g/mol. The molecule has 1 rings (SSSR count). The van der Waals surface area contributed by atoms with E-state index in [-0.39, 0.29) is 0 Å². The number of hydrogen-bond acceptors (Lipinski definition) is 2. The fourth-order valence-corrected chi connectivity index (χ4v) is 0.833. The molecule has 0 radical (unpaired) electrons. The SMILES string of the molecule is N#Cc1ccc(CC=N)cc1. The Balaban J connectivity index is 2.84. The van der Waals surface area contributed by atoms with Crippen LogP contribution in [-0.2, 0) is 6.42 Å². The second-order valence-electron chi connectivity index (χ2n) is 2.22. The molecule has 2 heteroatoms. The first-order valence-electron chi connectivity index (χ1n) is 3.35. The van der Waals surface area contributed by atoms with Gasteiger partial charge in [0.25, 0.3) is 0 Å². The highest BCUT2D eigenvalue weighted by molar-refractivity contribution is 5.57. The van der Waals surface area contributed by atoms with E-state index in [1.54, 1.807) is 12.1 Å². The van der Waals surface area contributed by atoms with Gasteiger partial charge in [-0.1, -0.05) is 12.1 Å². The van der Waals surface area contributed by atoms with Gasteiger partial charge in [0.2, 0.25) is 0 Å². The van der Waals surface area contributed by atoms with Gasteiger partial charge in [-0.25, -0.2) is 0 Å². The predicted molar refractivity (Wildman–Crippen MR) is 43.6 cm³/mol. The van der Waals surface area contributed by atoms with Crippen molar-refractivity contribution in [3.8, 4) is 6.07 Å². The van der Waals surface area contributed by atoms with Gasteiger partial charge in [0.1, 0.15) is 0 Å². The van der Waals surface area contributed by atoms with Gasteiger partial charge in [-0.2, -0.15) is 5.26 Å². The minimum absolute atomic E-state index is 0.645. The molecule has 54 valence electrons. The van der Waals surface area contributed by atoms with Gasteiger partial charge in [0.15, 0.2) is 0 Å². The van der Waals surface area contributed by atoms with Crippen molar-refractivity contribution >= 4 is 6.21 Å². The highest BCUT2D eigenvalue weighted by atomic mass is 14.3. The van der Waals surface area contributed by atoms with Crippen LogP contribution in [0.3, 0.4) is 0 Å². The van der Waals surface area contributed by atoms with Crippen molar-refractivity contribution in [3.63, 3.8) is 0 Å². The van der Waals surface area contributed by atoms with E-state index >= 15 is 0 Å². The zero-order valence-corrected chi connectivity index (χ0v) is 6.04. The lowest BCUT2D eigenvalue weighted by Gasteiger charge is -1.93. The van der Waals surface area contributed by atoms with E-state index in [1.807, 2.05) is 18.2 Å². The highest BCUT2D eigenvalue weighted by Crippen LogP contribution is 2.02. The number of nitriles is 1. The Bertz CT molecular complexity index is 279. The monoisotopic (exact) mass is 144 g/mol. The molecule has 2 nitrogen and oxygen atoms in total. The smallest absolute Gasteiger partial charge is 0.0991 e. The summed E-state index contributed by atoms with van der Waals surface area (Å²) in [4.78, 5) is 0. The standard InChI is InChI=1S/C9H8N2/c10-6-5-8-1-3-9(7-11)4-2-8/h1-4,6,10H,5H2. The third-order valence-electron chi connectivity index (χ3n) is 1.42. The molecular weight excluding hydrogens is 136 g/mol. The fourth-order valence-electron chi connectivity index (χ4n) is 0.833. The van der Waals surface area contributed by atoms with Crippen LogP contribution in [0, 0.1) is 16.7 Å². The van der Waals surface area contributed by atoms with Crippen LogP contribution >= 0.6 is 0 Å². The Hall–Kier alpha value is -1.62. The van der Waals surface area contributed by atoms with Crippen molar-refractivity contribution in [2.75, 3.05) is 0 Å². The topological polar surface area (TPSA) is 47.6 Å². The van der Waals surface area contributed by atoms with Crippen LogP contribution in [0.2, 0.25) is 0 Å². The second-order valence-corrected chi connectivity index (χ2v) is 2.22. The molecule has 0 heterocycles. The normalized spacial score (nSPS) is 8.64. The van der Waals surface area contributed by atoms with Crippen LogP contribution in [0.5, 0.6) is 0 Å². The molecule has 1 N–H and O–H groups in total. The van der Waals surface area contributed by atoms with Crippen LogP contribution < -0.4 is 0 Å². The zero-order chi connectivity index (χ0) is 8.10. The average Bonchev–Trinajstić information content (AvgIpc) is 2.07. The van der Waals surface area contributed by atoms with E-state index in [0.717, 1.165) is 5.56 Å². The molecule has 0 saturated carbocycles. The van der Waals surface area contributed by atoms with Gasteiger partial charge in [-0.05, 0) is 23.9 Å². The van der Waals surface area contributed by atoms with E-state index in [1.165, 1.54) is 6.21 Å². The Morgan fingerprint density at radius 1 is 1.36 bits per heavy atom. The second kappa shape index (κ2) is 3.52. The highest BCUT2D eigenvalue weighted by Gasteiger charge is 1.90. The lowest BCUT2D eigenvalue weighted by Crippen LogP contribution is -1.84. The molecule has 0 spiro atoms. The number of rotatable bonds is 2. The number of hydrogen-bond donors (Lipinski definition) is 1. The molecule has 1 aromatic rings. The maximum atomic E-state index is 8.46. The number of nitrogens with one attached hydrogen (secondary N) is 1. The summed E-state index contributed by atoms with van der Waals surface area (Å²) in [5, 5.41) is 15.3. The third-order valence-corrected chi connectivity index (χ3v) is 1.42. The molecule has 11 heavy (non-hydrogen) atoms. The summed E-state index contributed by atoms with van der Waals surface area (Å²) in [6.07, 6.45) is 1.99. The van der Waals surface area contributed by atoms with E-state index in [2.05, 4.69) is 0 Å². The van der Waals surface area contributed by atoms with Crippen LogP contribution in [0.4, 0.5) is 0 Å². The minimum Gasteiger partial charge on any atom is -0.313 e. The summed E-state index contributed by atoms with van der Waals surface area (Å²) in [7, 11) is 0. The van der Waals surface area contributed by atoms with Crippen LogP contribution in [-0.4, -0.2) is 6.21 Å². The van der Waals surface area contributed by atoms with Crippen molar-refractivity contribution in [1.82, 2.24) is 0 Å². The molecule has 0 aliphatic carbocycles. The largest absolute Gasteiger partial charge is 0.313 e. The Kier molecular flexibility index (Phi) is 2.40. The molecule has 0 unspecified atom stereocenters. The summed E-state index contributed by atoms with van der Waals surface area (Å²) in [6.45, 7) is 0. The van der Waals surface area contributed by atoms with Gasteiger partial charge in [-0.15, -0.1) is 0 Å². The van der Waals surface area contributed by atoms with Gasteiger partial charge >= 0.3 is 0 Å². The molecule has 1 aromatic carbocycles. The Morgan fingerprint density at radius 3 is 2.45 bits per heavy atom. The van der Waals surface area contributed by atoms with Crippen LogP contribution in [0.25, 0.3) is 0 Å². The summed E-state index contributed by atoms with van der Waals surface area (Å²) in [5.74, 6) is 0. The van der Waals surface area contributed by atoms with Crippen LogP contribution in [0.15, 0.2) is 24.3 Å². The van der Waals surface area contributed by atoms with Gasteiger partial charge in [-0.3, -0.25) is 0 Å². The van der Waals surface area contributed by atoms with Crippen molar-refractivity contribution in [1.29, 1.82) is 10.7 Å². The van der Waals surface area contributed by atoms with Gasteiger partial charge in [0.05, 0.1) is 11.6 Å². The Morgan fingerprint density at radius 2 is 2.00 bits per heavy atom. The summed E-state index contributed by atoms with van der Waals surface area (Å²) in [6, 6.07) is 9.29. The molecular formula is C9H8N2. The lowest BCUT2D eigenvalue weighted by atomic mass is 10.1. The molecule has 0 atom stereocenters. The number of benzene rings is 1. The summed E-state index contributed by atoms with van der Waals surface area (Å²) < 4.78 is 0. The van der Waals surface area contributed by atoms with E-state index < -0.39 is 0 Å². The summed E-state index contributed by atoms with van der Waals surface area (Å²) in [5.41, 5.74) is 1.73. The first-order chi connectivity index (χ1) is 5.36. The van der Waals surface area contributed by atoms with Crippen molar-refractivity contribution in [2.24, 2.45) is 0 Å². The Labute approximate surface area is 65.6 Å². The lowest BCUT2D eigenvalue weighted by molar-refractivity contribution is 1.32. The first kappa shape index (κ1) is 7.49. The van der Waals surface area contributed by atoms with Crippen molar-refractivity contribution in [3.05, 3.63) is 35.4 Å². The van der Waals surface area contributed by atoms with Crippen LogP contribution in [0.1, 0.15) is 11.1 Å². The van der Waals surface area contributed by atoms with E-state index in [4.69, 9.17) is 10.7 Å². The molecule has 0 saturated heterocycles. The quantitative estimate of drug-likeness (QED) is 0.631. The summed E-state index contributed by atoms with van der Waals surface area (Å²) >= 11 is 0. The predicted octanol–water partition coefficient (Wildman–Crippen LogP) is 1.75. The van der Waals surface area contributed by atoms with Gasteiger partial charge in [0, 0.05) is 6.42 Å². The maximum Gasteiger partial charge on any atom is 0.0991 e. The first-order valence-corrected chi connectivity index (χ1v) is 3.35. The molecule has 0 bridgehead atoms. The van der Waals surface area contributed by atoms with E-state index in [9.17, 15) is 0 Å². The molecule has 0 aliphatic rings. The third kappa shape index (κ3) is 1.91. The van der Waals surface area contributed by atoms with E-state index in [0.29, 0.717) is 12.0 Å². The zero-order valence-electron chi connectivity index (χ0n) is 6.04. The van der Waals surface area contributed by atoms with Crippen molar-refractivity contribution < 1.29 is 0 Å².